The average molecular weight is 186 g/mol. The molecule has 2 rings (SSSR count). The molecule has 1 heteroatoms. The van der Waals surface area contributed by atoms with Gasteiger partial charge in [-0.25, -0.2) is 0 Å². The molecule has 73 valence electrons. The van der Waals surface area contributed by atoms with Gasteiger partial charge in [-0.1, -0.05) is 44.2 Å². The van der Waals surface area contributed by atoms with Crippen LogP contribution in [-0.2, 0) is 0 Å². The van der Waals surface area contributed by atoms with E-state index in [4.69, 9.17) is 0 Å². The molecule has 1 heterocycles. The lowest BCUT2D eigenvalue weighted by molar-refractivity contribution is 0.494. The Hall–Kier alpha value is -1.11. The Balaban J connectivity index is 2.38. The summed E-state index contributed by atoms with van der Waals surface area (Å²) in [4.78, 5) is 4.61. The highest BCUT2D eigenvalue weighted by Crippen LogP contribution is 2.30. The molecule has 0 fully saturated rings. The first-order chi connectivity index (χ1) is 6.70. The van der Waals surface area contributed by atoms with Crippen LogP contribution in [0.2, 0.25) is 0 Å². The number of benzene rings is 1. The van der Waals surface area contributed by atoms with Gasteiger partial charge in [0.1, 0.15) is 0 Å². The second-order valence-corrected chi connectivity index (χ2v) is 4.43. The van der Waals surface area contributed by atoms with Crippen molar-refractivity contribution in [3.63, 3.8) is 0 Å². The molecule has 1 aliphatic heterocycles. The van der Waals surface area contributed by atoms with Crippen molar-refractivity contribution in [2.75, 3.05) is 6.54 Å². The molecular weight excluding hydrogens is 170 g/mol. The smallest absolute Gasteiger partial charge is 0.0476 e. The van der Waals surface area contributed by atoms with Crippen molar-refractivity contribution in [2.24, 2.45) is 10.4 Å². The van der Waals surface area contributed by atoms with Gasteiger partial charge in [0.05, 0.1) is 0 Å². The number of rotatable bonds is 1. The molecule has 0 unspecified atom stereocenters. The minimum Gasteiger partial charge on any atom is -0.288 e. The topological polar surface area (TPSA) is 12.4 Å². The van der Waals surface area contributed by atoms with Crippen LogP contribution in [0.3, 0.4) is 0 Å². The van der Waals surface area contributed by atoms with E-state index in [0.717, 1.165) is 13.0 Å². The largest absolute Gasteiger partial charge is 0.288 e. The monoisotopic (exact) mass is 186 g/mol. The Kier molecular flexibility index (Phi) is 2.40. The second kappa shape index (κ2) is 3.56. The first-order valence-corrected chi connectivity index (χ1v) is 5.12. The number of aliphatic imine (C=N–C) groups is 1. The van der Waals surface area contributed by atoms with Gasteiger partial charge >= 0.3 is 0 Å². The molecule has 1 nitrogen and oxygen atoms in total. The highest BCUT2D eigenvalue weighted by molar-refractivity contribution is 6.04. The van der Waals surface area contributed by atoms with Gasteiger partial charge in [-0.2, -0.15) is 0 Å². The fourth-order valence-electron chi connectivity index (χ4n) is 1.97. The van der Waals surface area contributed by atoms with Crippen LogP contribution in [0.25, 0.3) is 0 Å². The van der Waals surface area contributed by atoms with E-state index in [9.17, 15) is 0 Å². The molecule has 0 saturated heterocycles. The zero-order valence-electron chi connectivity index (χ0n) is 8.83. The maximum Gasteiger partial charge on any atom is 0.0476 e. The first kappa shape index (κ1) is 9.45. The summed E-state index contributed by atoms with van der Waals surface area (Å²) in [5.41, 5.74) is 2.71. The van der Waals surface area contributed by atoms with Gasteiger partial charge in [0.15, 0.2) is 0 Å². The molecule has 0 atom stereocenters. The van der Waals surface area contributed by atoms with E-state index in [2.05, 4.69) is 49.5 Å². The van der Waals surface area contributed by atoms with Crippen LogP contribution >= 0.6 is 0 Å². The van der Waals surface area contributed by atoms with Crippen molar-refractivity contribution in [1.82, 2.24) is 0 Å². The molecule has 0 aromatic heterocycles. The molecule has 0 bridgehead atoms. The summed E-state index contributed by atoms with van der Waals surface area (Å²) in [5.74, 6) is 0. The summed E-state index contributed by atoms with van der Waals surface area (Å²) in [5, 5.41) is 0. The summed E-state index contributed by atoms with van der Waals surface area (Å²) < 4.78 is 0. The highest BCUT2D eigenvalue weighted by atomic mass is 14.8. The minimum atomic E-state index is 0.194. The lowest BCUT2D eigenvalue weighted by atomic mass is 9.78. The second-order valence-electron chi connectivity index (χ2n) is 4.43. The van der Waals surface area contributed by atoms with E-state index in [0.29, 0.717) is 0 Å². The Bertz CT molecular complexity index is 336. The van der Waals surface area contributed by atoms with Gasteiger partial charge in [-0.05, 0) is 18.4 Å². The van der Waals surface area contributed by atoms with E-state index in [-0.39, 0.29) is 5.41 Å². The molecule has 0 amide bonds. The van der Waals surface area contributed by atoms with Gasteiger partial charge < -0.3 is 0 Å². The highest BCUT2D eigenvalue weighted by Gasteiger charge is 2.28. The van der Waals surface area contributed by atoms with Crippen molar-refractivity contribution < 1.29 is 0 Å². The third kappa shape index (κ3) is 1.72. The molecular formula is C13H16N. The van der Waals surface area contributed by atoms with Gasteiger partial charge in [-0.15, -0.1) is 0 Å². The van der Waals surface area contributed by atoms with Crippen molar-refractivity contribution in [3.05, 3.63) is 42.3 Å². The van der Waals surface area contributed by atoms with Crippen LogP contribution in [0, 0.1) is 11.8 Å². The number of nitrogens with zero attached hydrogens (tertiary/aromatic N) is 1. The summed E-state index contributed by atoms with van der Waals surface area (Å²) in [6.07, 6.45) is 3.38. The van der Waals surface area contributed by atoms with E-state index in [1.54, 1.807) is 0 Å². The Labute approximate surface area is 85.9 Å². The standard InChI is InChI=1S/C13H16N/c1-13(2)9-6-10-14-12(13)11-7-4-3-5-8-11/h3-8H,9-10H2,1-2H3. The van der Waals surface area contributed by atoms with Crippen LogP contribution in [0.5, 0.6) is 0 Å². The van der Waals surface area contributed by atoms with Crippen molar-refractivity contribution in [3.8, 4) is 0 Å². The SMILES string of the molecule is CC1(C)C[CH]CN=C1c1ccccc1. The average Bonchev–Trinajstić information content (AvgIpc) is 2.18. The maximum atomic E-state index is 4.61. The molecule has 1 radical (unpaired) electrons. The van der Waals surface area contributed by atoms with Crippen molar-refractivity contribution in [1.29, 1.82) is 0 Å². The van der Waals surface area contributed by atoms with Crippen LogP contribution in [0.4, 0.5) is 0 Å². The third-order valence-electron chi connectivity index (χ3n) is 2.72. The van der Waals surface area contributed by atoms with Crippen LogP contribution in [0.1, 0.15) is 25.8 Å². The molecule has 1 aliphatic rings. The summed E-state index contributed by atoms with van der Waals surface area (Å²) in [7, 11) is 0. The molecule has 0 spiro atoms. The quantitative estimate of drug-likeness (QED) is 0.639. The molecule has 0 aliphatic carbocycles. The zero-order valence-corrected chi connectivity index (χ0v) is 8.83. The minimum absolute atomic E-state index is 0.194. The Morgan fingerprint density at radius 1 is 1.14 bits per heavy atom. The summed E-state index contributed by atoms with van der Waals surface area (Å²) in [6.45, 7) is 5.39. The third-order valence-corrected chi connectivity index (χ3v) is 2.72. The summed E-state index contributed by atoms with van der Waals surface area (Å²) in [6, 6.07) is 10.5. The van der Waals surface area contributed by atoms with Gasteiger partial charge in [-0.3, -0.25) is 4.99 Å². The van der Waals surface area contributed by atoms with Crippen LogP contribution < -0.4 is 0 Å². The summed E-state index contributed by atoms with van der Waals surface area (Å²) >= 11 is 0. The molecule has 1 aromatic rings. The molecule has 14 heavy (non-hydrogen) atoms. The van der Waals surface area contributed by atoms with Crippen molar-refractivity contribution in [2.45, 2.75) is 20.3 Å². The first-order valence-electron chi connectivity index (χ1n) is 5.12. The van der Waals surface area contributed by atoms with Crippen LogP contribution in [-0.4, -0.2) is 12.3 Å². The number of hydrogen-bond donors (Lipinski definition) is 0. The fraction of sp³-hybridized carbons (Fsp3) is 0.385. The maximum absolute atomic E-state index is 4.61. The van der Waals surface area contributed by atoms with Crippen LogP contribution in [0.15, 0.2) is 35.3 Å². The van der Waals surface area contributed by atoms with E-state index < -0.39 is 0 Å². The fourth-order valence-corrected chi connectivity index (χ4v) is 1.97. The van der Waals surface area contributed by atoms with Crippen molar-refractivity contribution >= 4 is 5.71 Å². The lowest BCUT2D eigenvalue weighted by Crippen LogP contribution is -2.29. The Morgan fingerprint density at radius 2 is 1.86 bits per heavy atom. The predicted molar refractivity (Wildman–Crippen MR) is 60.5 cm³/mol. The molecule has 0 N–H and O–H groups in total. The molecule has 1 aromatic carbocycles. The lowest BCUT2D eigenvalue weighted by Gasteiger charge is -2.30. The van der Waals surface area contributed by atoms with Gasteiger partial charge in [0, 0.05) is 17.7 Å². The van der Waals surface area contributed by atoms with E-state index in [1.807, 2.05) is 6.07 Å². The Morgan fingerprint density at radius 3 is 2.50 bits per heavy atom. The van der Waals surface area contributed by atoms with E-state index >= 15 is 0 Å². The predicted octanol–water partition coefficient (Wildman–Crippen LogP) is 3.11. The zero-order chi connectivity index (χ0) is 10.0. The van der Waals surface area contributed by atoms with Gasteiger partial charge in [0.2, 0.25) is 0 Å². The van der Waals surface area contributed by atoms with Gasteiger partial charge in [0.25, 0.3) is 0 Å². The normalized spacial score (nSPS) is 20.3. The molecule has 0 saturated carbocycles. The van der Waals surface area contributed by atoms with E-state index in [1.165, 1.54) is 11.3 Å². The number of hydrogen-bond acceptors (Lipinski definition) is 1.